The minimum Gasteiger partial charge on any atom is -0.368 e. The van der Waals surface area contributed by atoms with Crippen LogP contribution in [0.3, 0.4) is 0 Å². The maximum Gasteiger partial charge on any atom is 0.224 e. The van der Waals surface area contributed by atoms with Gasteiger partial charge in [-0.05, 0) is 18.1 Å². The second-order valence-corrected chi connectivity index (χ2v) is 9.56. The molecule has 10 nitrogen and oxygen atoms in total. The van der Waals surface area contributed by atoms with Crippen molar-refractivity contribution in [3.05, 3.63) is 48.7 Å². The Labute approximate surface area is 212 Å². The third-order valence-corrected chi connectivity index (χ3v) is 6.21. The van der Waals surface area contributed by atoms with E-state index in [1.165, 1.54) is 0 Å². The van der Waals surface area contributed by atoms with Crippen molar-refractivity contribution in [1.29, 1.82) is 0 Å². The van der Waals surface area contributed by atoms with Crippen LogP contribution in [0.4, 0.5) is 5.69 Å². The van der Waals surface area contributed by atoms with Crippen LogP contribution < -0.4 is 5.32 Å². The number of carbonyl (C=O) groups excluding carboxylic acids is 1. The Morgan fingerprint density at radius 1 is 1.08 bits per heavy atom. The Kier molecular flexibility index (Phi) is 6.15. The predicted octanol–water partition coefficient (Wildman–Crippen LogP) is 4.18. The summed E-state index contributed by atoms with van der Waals surface area (Å²) in [7, 11) is 3.78. The lowest BCUT2D eigenvalue weighted by molar-refractivity contribution is -0.116. The zero-order chi connectivity index (χ0) is 25.4. The first-order valence-corrected chi connectivity index (χ1v) is 11.9. The van der Waals surface area contributed by atoms with Crippen molar-refractivity contribution in [2.75, 3.05) is 19.4 Å². The number of anilines is 1. The van der Waals surface area contributed by atoms with Crippen molar-refractivity contribution in [3.8, 4) is 22.6 Å². The van der Waals surface area contributed by atoms with E-state index in [1.54, 1.807) is 31.0 Å². The number of carbonyl (C=O) groups is 1. The van der Waals surface area contributed by atoms with Crippen molar-refractivity contribution in [3.63, 3.8) is 0 Å². The standard InChI is InChI=1S/C25H25N9OS/c1-13(2)5-20(35)29-16-6-14(8-26-10-16)15-7-17-22(32-33-23(17)28-9-15)24-30-19-12-27-11-18(21(19)31-24)25(36)34(3)4/h6-13H,5H2,1-4H3,(H,29,35)(H,30,31)(H,28,32,33). The molecule has 0 radical (unpaired) electrons. The quantitative estimate of drug-likeness (QED) is 0.297. The number of hydrogen-bond acceptors (Lipinski definition) is 7. The van der Waals surface area contributed by atoms with Gasteiger partial charge in [0.1, 0.15) is 16.2 Å². The summed E-state index contributed by atoms with van der Waals surface area (Å²) in [5.74, 6) is 0.816. The van der Waals surface area contributed by atoms with E-state index in [4.69, 9.17) is 17.2 Å². The number of fused-ring (bicyclic) bond motifs is 2. The predicted molar refractivity (Wildman–Crippen MR) is 143 cm³/mol. The number of nitrogens with one attached hydrogen (secondary N) is 3. The Balaban J connectivity index is 1.52. The number of hydrogen-bond donors (Lipinski definition) is 3. The molecule has 0 saturated heterocycles. The summed E-state index contributed by atoms with van der Waals surface area (Å²) < 4.78 is 0. The van der Waals surface area contributed by atoms with Crippen LogP contribution in [0.5, 0.6) is 0 Å². The van der Waals surface area contributed by atoms with Crippen molar-refractivity contribution >= 4 is 50.9 Å². The number of thiocarbonyl (C=S) groups is 1. The third kappa shape index (κ3) is 4.52. The summed E-state index contributed by atoms with van der Waals surface area (Å²) in [6, 6.07) is 3.86. The maximum absolute atomic E-state index is 12.2. The lowest BCUT2D eigenvalue weighted by Gasteiger charge is -2.13. The normalized spacial score (nSPS) is 11.4. The summed E-state index contributed by atoms with van der Waals surface area (Å²) >= 11 is 5.55. The van der Waals surface area contributed by atoms with E-state index in [2.05, 4.69) is 35.5 Å². The van der Waals surface area contributed by atoms with Crippen LogP contribution in [0.1, 0.15) is 25.8 Å². The maximum atomic E-state index is 12.2. The van der Waals surface area contributed by atoms with Crippen molar-refractivity contribution in [2.24, 2.45) is 5.92 Å². The van der Waals surface area contributed by atoms with Crippen molar-refractivity contribution < 1.29 is 4.79 Å². The van der Waals surface area contributed by atoms with Crippen LogP contribution in [0.25, 0.3) is 44.7 Å². The SMILES string of the molecule is CC(C)CC(=O)Nc1cncc(-c2cnc3[nH]nc(-c4nc5c(C(=S)N(C)C)cncc5[nH]4)c3c2)c1. The molecule has 0 spiro atoms. The number of H-pyrrole nitrogens is 2. The Morgan fingerprint density at radius 3 is 2.64 bits per heavy atom. The largest absolute Gasteiger partial charge is 0.368 e. The number of amides is 1. The van der Waals surface area contributed by atoms with Crippen LogP contribution >= 0.6 is 12.2 Å². The number of aromatic nitrogens is 7. The fourth-order valence-corrected chi connectivity index (χ4v) is 4.08. The fraction of sp³-hybridized carbons (Fsp3) is 0.240. The van der Waals surface area contributed by atoms with Gasteiger partial charge in [-0.1, -0.05) is 26.1 Å². The molecule has 0 bridgehead atoms. The zero-order valence-corrected chi connectivity index (χ0v) is 21.1. The number of rotatable bonds is 6. The van der Waals surface area contributed by atoms with Crippen molar-refractivity contribution in [1.82, 2.24) is 40.0 Å². The molecular weight excluding hydrogens is 474 g/mol. The van der Waals surface area contributed by atoms with Gasteiger partial charge in [0, 0.05) is 50.2 Å². The average molecular weight is 500 g/mol. The molecule has 0 aliphatic rings. The molecule has 5 rings (SSSR count). The van der Waals surface area contributed by atoms with E-state index in [0.717, 1.165) is 33.1 Å². The molecular formula is C25H25N9OS. The van der Waals surface area contributed by atoms with Crippen LogP contribution in [-0.4, -0.2) is 65.0 Å². The van der Waals surface area contributed by atoms with E-state index in [-0.39, 0.29) is 11.8 Å². The van der Waals surface area contributed by atoms with Gasteiger partial charge < -0.3 is 15.2 Å². The highest BCUT2D eigenvalue weighted by molar-refractivity contribution is 7.80. The van der Waals surface area contributed by atoms with Gasteiger partial charge >= 0.3 is 0 Å². The molecule has 0 atom stereocenters. The lowest BCUT2D eigenvalue weighted by Crippen LogP contribution is -2.21. The molecule has 5 heterocycles. The average Bonchev–Trinajstić information content (AvgIpc) is 3.46. The minimum atomic E-state index is -0.0397. The van der Waals surface area contributed by atoms with Crippen LogP contribution in [0.2, 0.25) is 0 Å². The van der Waals surface area contributed by atoms with Gasteiger partial charge in [0.15, 0.2) is 11.5 Å². The second kappa shape index (κ2) is 9.42. The number of aromatic amines is 2. The number of pyridine rings is 3. The molecule has 0 aromatic carbocycles. The van der Waals surface area contributed by atoms with E-state index >= 15 is 0 Å². The number of nitrogens with zero attached hydrogens (tertiary/aromatic N) is 6. The molecule has 0 aliphatic heterocycles. The van der Waals surface area contributed by atoms with E-state index in [1.807, 2.05) is 45.0 Å². The fourth-order valence-electron chi connectivity index (χ4n) is 3.93. The molecule has 5 aromatic heterocycles. The van der Waals surface area contributed by atoms with Crippen LogP contribution in [0, 0.1) is 5.92 Å². The van der Waals surface area contributed by atoms with E-state index in [9.17, 15) is 4.79 Å². The lowest BCUT2D eigenvalue weighted by atomic mass is 10.1. The molecule has 0 saturated carbocycles. The molecule has 36 heavy (non-hydrogen) atoms. The molecule has 11 heteroatoms. The third-order valence-electron chi connectivity index (χ3n) is 5.62. The summed E-state index contributed by atoms with van der Waals surface area (Å²) in [5.41, 5.74) is 5.83. The van der Waals surface area contributed by atoms with E-state index in [0.29, 0.717) is 34.3 Å². The summed E-state index contributed by atoms with van der Waals surface area (Å²) in [6.07, 6.45) is 9.01. The monoisotopic (exact) mass is 499 g/mol. The molecule has 0 unspecified atom stereocenters. The summed E-state index contributed by atoms with van der Waals surface area (Å²) in [4.78, 5) is 36.0. The van der Waals surface area contributed by atoms with Gasteiger partial charge in [0.2, 0.25) is 5.91 Å². The smallest absolute Gasteiger partial charge is 0.224 e. The molecule has 0 fully saturated rings. The molecule has 5 aromatic rings. The summed E-state index contributed by atoms with van der Waals surface area (Å²) in [5, 5.41) is 11.2. The van der Waals surface area contributed by atoms with E-state index < -0.39 is 0 Å². The van der Waals surface area contributed by atoms with Gasteiger partial charge in [0.25, 0.3) is 0 Å². The van der Waals surface area contributed by atoms with Gasteiger partial charge in [-0.2, -0.15) is 5.10 Å². The highest BCUT2D eigenvalue weighted by atomic mass is 32.1. The Morgan fingerprint density at radius 2 is 1.86 bits per heavy atom. The molecule has 1 amide bonds. The number of imidazole rings is 1. The first-order valence-electron chi connectivity index (χ1n) is 11.4. The topological polar surface area (TPSA) is 128 Å². The first kappa shape index (κ1) is 23.5. The molecule has 182 valence electrons. The van der Waals surface area contributed by atoms with Crippen LogP contribution in [0.15, 0.2) is 43.1 Å². The Hall–Kier alpha value is -4.25. The van der Waals surface area contributed by atoms with Crippen molar-refractivity contribution in [2.45, 2.75) is 20.3 Å². The first-order chi connectivity index (χ1) is 17.3. The van der Waals surface area contributed by atoms with Gasteiger partial charge in [0.05, 0.1) is 34.5 Å². The van der Waals surface area contributed by atoms with Gasteiger partial charge in [-0.25, -0.2) is 9.97 Å². The highest BCUT2D eigenvalue weighted by Gasteiger charge is 2.18. The molecule has 0 aliphatic carbocycles. The van der Waals surface area contributed by atoms with Gasteiger partial charge in [-0.3, -0.25) is 19.9 Å². The highest BCUT2D eigenvalue weighted by Crippen LogP contribution is 2.30. The minimum absolute atomic E-state index is 0.0397. The Bertz CT molecular complexity index is 1600. The second-order valence-electron chi connectivity index (χ2n) is 9.17. The summed E-state index contributed by atoms with van der Waals surface area (Å²) in [6.45, 7) is 4.01. The van der Waals surface area contributed by atoms with Crippen LogP contribution in [-0.2, 0) is 4.79 Å². The zero-order valence-electron chi connectivity index (χ0n) is 20.3. The van der Waals surface area contributed by atoms with Gasteiger partial charge in [-0.15, -0.1) is 0 Å². The molecule has 3 N–H and O–H groups in total.